The van der Waals surface area contributed by atoms with Crippen molar-refractivity contribution in [1.82, 2.24) is 5.43 Å². The molecular weight excluding hydrogens is 303 g/mol. The summed E-state index contributed by atoms with van der Waals surface area (Å²) < 4.78 is 0.204. The zero-order chi connectivity index (χ0) is 14.0. The Labute approximate surface area is 126 Å². The zero-order valence-corrected chi connectivity index (χ0v) is 12.9. The number of rotatable bonds is 4. The van der Waals surface area contributed by atoms with Crippen LogP contribution in [0.5, 0.6) is 0 Å². The first-order valence-electron chi connectivity index (χ1n) is 5.82. The Morgan fingerprint density at radius 3 is 2.84 bits per heavy atom. The summed E-state index contributed by atoms with van der Waals surface area (Å²) in [5.74, 6) is -0.177. The van der Waals surface area contributed by atoms with Crippen LogP contribution < -0.4 is 5.43 Å². The van der Waals surface area contributed by atoms with Crippen molar-refractivity contribution >= 4 is 46.7 Å². The Balaban J connectivity index is 1.93. The fraction of sp³-hybridized carbons (Fsp3) is 0.385. The van der Waals surface area contributed by atoms with E-state index < -0.39 is 0 Å². The maximum absolute atomic E-state index is 12.0. The highest BCUT2D eigenvalue weighted by atomic mass is 35.5. The van der Waals surface area contributed by atoms with Crippen LogP contribution in [0.3, 0.4) is 0 Å². The quantitative estimate of drug-likeness (QED) is 0.666. The van der Waals surface area contributed by atoms with Gasteiger partial charge in [-0.3, -0.25) is 4.79 Å². The van der Waals surface area contributed by atoms with Crippen molar-refractivity contribution in [1.29, 1.82) is 0 Å². The Kier molecular flexibility index (Phi) is 4.33. The fourth-order valence-corrected chi connectivity index (χ4v) is 3.08. The third-order valence-electron chi connectivity index (χ3n) is 3.41. The predicted octanol–water partition coefficient (Wildman–Crippen LogP) is 3.79. The lowest BCUT2D eigenvalue weighted by atomic mass is 10.1. The molecule has 0 spiro atoms. The average molecular weight is 317 g/mol. The molecule has 1 N–H and O–H groups in total. The number of hydrogen-bond donors (Lipinski definition) is 1. The summed E-state index contributed by atoms with van der Waals surface area (Å²) in [6.07, 6.45) is 3.35. The first-order valence-corrected chi connectivity index (χ1v) is 7.45. The van der Waals surface area contributed by atoms with E-state index in [1.807, 2.05) is 31.4 Å². The topological polar surface area (TPSA) is 41.5 Å². The molecule has 6 heteroatoms. The number of carbonyl (C=O) groups excluding carboxylic acids is 1. The number of carbonyl (C=O) groups is 1. The highest BCUT2D eigenvalue weighted by Gasteiger charge is 2.60. The van der Waals surface area contributed by atoms with Gasteiger partial charge >= 0.3 is 0 Å². The van der Waals surface area contributed by atoms with E-state index in [1.165, 1.54) is 0 Å². The minimum Gasteiger partial charge on any atom is -0.273 e. The Morgan fingerprint density at radius 1 is 1.53 bits per heavy atom. The molecular formula is C13H14Cl2N2OS. The molecule has 0 saturated heterocycles. The van der Waals surface area contributed by atoms with Crippen molar-refractivity contribution in [2.75, 3.05) is 0 Å². The lowest BCUT2D eigenvalue weighted by Crippen LogP contribution is -2.21. The molecule has 2 unspecified atom stereocenters. The summed E-state index contributed by atoms with van der Waals surface area (Å²) in [5, 5.41) is 5.91. The van der Waals surface area contributed by atoms with Crippen LogP contribution in [-0.4, -0.2) is 12.1 Å². The van der Waals surface area contributed by atoms with E-state index in [-0.39, 0.29) is 27.6 Å². The smallest absolute Gasteiger partial charge is 0.244 e. The van der Waals surface area contributed by atoms with Gasteiger partial charge in [0.05, 0.1) is 12.1 Å². The van der Waals surface area contributed by atoms with Gasteiger partial charge in [-0.2, -0.15) is 5.10 Å². The molecule has 1 fully saturated rings. The molecule has 0 bridgehead atoms. The summed E-state index contributed by atoms with van der Waals surface area (Å²) in [4.78, 5) is 13.0. The molecule has 1 heterocycles. The molecule has 2 atom stereocenters. The first-order chi connectivity index (χ1) is 8.93. The normalized spacial score (nSPS) is 24.2. The van der Waals surface area contributed by atoms with Crippen LogP contribution >= 0.6 is 34.5 Å². The molecule has 1 amide bonds. The van der Waals surface area contributed by atoms with Gasteiger partial charge < -0.3 is 0 Å². The molecule has 1 aromatic rings. The molecule has 0 aromatic carbocycles. The standard InChI is InChI=1S/C13H14Cl2N2OS/c1-13(2)9(6-10(14)15)11(13)12(18)17-16-7-8-4-3-5-19-8/h3-7,9,11H,1-2H3,(H,17,18). The van der Waals surface area contributed by atoms with Gasteiger partial charge in [0.1, 0.15) is 4.49 Å². The van der Waals surface area contributed by atoms with Crippen LogP contribution in [0.25, 0.3) is 0 Å². The van der Waals surface area contributed by atoms with Gasteiger partial charge in [0.25, 0.3) is 0 Å². The van der Waals surface area contributed by atoms with Gasteiger partial charge in [-0.15, -0.1) is 11.3 Å². The van der Waals surface area contributed by atoms with Gasteiger partial charge in [-0.05, 0) is 28.9 Å². The van der Waals surface area contributed by atoms with Crippen LogP contribution in [0.15, 0.2) is 33.2 Å². The van der Waals surface area contributed by atoms with Crippen LogP contribution in [-0.2, 0) is 4.79 Å². The molecule has 1 aromatic heterocycles. The average Bonchev–Trinajstić information content (AvgIpc) is 2.69. The zero-order valence-electron chi connectivity index (χ0n) is 10.6. The highest BCUT2D eigenvalue weighted by Crippen LogP contribution is 2.59. The van der Waals surface area contributed by atoms with Crippen LogP contribution in [0.1, 0.15) is 18.7 Å². The molecule has 0 aliphatic heterocycles. The Hall–Kier alpha value is -0.840. The molecule has 0 radical (unpaired) electrons. The van der Waals surface area contributed by atoms with Crippen LogP contribution in [0, 0.1) is 17.3 Å². The molecule has 3 nitrogen and oxygen atoms in total. The predicted molar refractivity (Wildman–Crippen MR) is 80.6 cm³/mol. The summed E-state index contributed by atoms with van der Waals surface area (Å²) >= 11 is 12.9. The summed E-state index contributed by atoms with van der Waals surface area (Å²) in [6.45, 7) is 4.02. The first kappa shape index (κ1) is 14.6. The van der Waals surface area contributed by atoms with E-state index in [4.69, 9.17) is 23.2 Å². The van der Waals surface area contributed by atoms with Crippen molar-refractivity contribution in [3.05, 3.63) is 33.0 Å². The highest BCUT2D eigenvalue weighted by molar-refractivity contribution is 7.11. The number of nitrogens with one attached hydrogen (secondary N) is 1. The van der Waals surface area contributed by atoms with Gasteiger partial charge in [-0.25, -0.2) is 5.43 Å². The molecule has 1 aliphatic rings. The monoisotopic (exact) mass is 316 g/mol. The summed E-state index contributed by atoms with van der Waals surface area (Å²) in [6, 6.07) is 3.86. The Bertz CT molecular complexity index is 519. The fourth-order valence-electron chi connectivity index (χ4n) is 2.22. The van der Waals surface area contributed by atoms with E-state index in [0.717, 1.165) is 4.88 Å². The lowest BCUT2D eigenvalue weighted by Gasteiger charge is -2.00. The lowest BCUT2D eigenvalue weighted by molar-refractivity contribution is -0.123. The second-order valence-corrected chi connectivity index (χ2v) is 7.02. The molecule has 1 saturated carbocycles. The largest absolute Gasteiger partial charge is 0.273 e. The molecule has 1 aliphatic carbocycles. The third-order valence-corrected chi connectivity index (χ3v) is 4.47. The number of hydrazone groups is 1. The number of allylic oxidation sites excluding steroid dienone is 1. The summed E-state index contributed by atoms with van der Waals surface area (Å²) in [7, 11) is 0. The minimum absolute atomic E-state index is 0.0643. The number of amides is 1. The van der Waals surface area contributed by atoms with Gasteiger partial charge in [-0.1, -0.05) is 43.1 Å². The van der Waals surface area contributed by atoms with E-state index in [9.17, 15) is 4.79 Å². The maximum atomic E-state index is 12.0. The van der Waals surface area contributed by atoms with Crippen molar-refractivity contribution in [3.8, 4) is 0 Å². The van der Waals surface area contributed by atoms with E-state index in [1.54, 1.807) is 23.6 Å². The van der Waals surface area contributed by atoms with Crippen molar-refractivity contribution < 1.29 is 4.79 Å². The third kappa shape index (κ3) is 3.38. The van der Waals surface area contributed by atoms with Crippen LogP contribution in [0.4, 0.5) is 0 Å². The van der Waals surface area contributed by atoms with Gasteiger partial charge in [0.2, 0.25) is 5.91 Å². The number of thiophene rings is 1. The van der Waals surface area contributed by atoms with Gasteiger partial charge in [0.15, 0.2) is 0 Å². The Morgan fingerprint density at radius 2 is 2.26 bits per heavy atom. The van der Waals surface area contributed by atoms with E-state index >= 15 is 0 Å². The SMILES string of the molecule is CC1(C)C(C=C(Cl)Cl)C1C(=O)NN=Cc1cccs1. The van der Waals surface area contributed by atoms with E-state index in [2.05, 4.69) is 10.5 Å². The van der Waals surface area contributed by atoms with E-state index in [0.29, 0.717) is 0 Å². The number of nitrogens with zero attached hydrogens (tertiary/aromatic N) is 1. The summed E-state index contributed by atoms with van der Waals surface area (Å²) in [5.41, 5.74) is 2.44. The van der Waals surface area contributed by atoms with Gasteiger partial charge in [0, 0.05) is 4.88 Å². The second kappa shape index (κ2) is 5.65. The minimum atomic E-state index is -0.138. The number of halogens is 2. The molecule has 102 valence electrons. The number of hydrogen-bond acceptors (Lipinski definition) is 3. The van der Waals surface area contributed by atoms with Crippen molar-refractivity contribution in [3.63, 3.8) is 0 Å². The molecule has 19 heavy (non-hydrogen) atoms. The molecule has 2 rings (SSSR count). The van der Waals surface area contributed by atoms with Crippen molar-refractivity contribution in [2.45, 2.75) is 13.8 Å². The van der Waals surface area contributed by atoms with Crippen molar-refractivity contribution in [2.24, 2.45) is 22.4 Å². The van der Waals surface area contributed by atoms with Crippen LogP contribution in [0.2, 0.25) is 0 Å². The maximum Gasteiger partial charge on any atom is 0.244 e. The second-order valence-electron chi connectivity index (χ2n) is 5.03.